The van der Waals surface area contributed by atoms with Gasteiger partial charge in [0.05, 0.1) is 23.4 Å². The number of ether oxygens (including phenoxy) is 1. The topological polar surface area (TPSA) is 64.9 Å². The lowest BCUT2D eigenvalue weighted by atomic mass is 10.2. The van der Waals surface area contributed by atoms with Gasteiger partial charge in [0, 0.05) is 13.2 Å². The number of fused-ring (bicyclic) bond motifs is 1. The Kier molecular flexibility index (Phi) is 3.67. The van der Waals surface area contributed by atoms with Crippen LogP contribution in [0.4, 0.5) is 5.82 Å². The molecule has 118 valence electrons. The number of hydrogen-bond donors (Lipinski definition) is 1. The summed E-state index contributed by atoms with van der Waals surface area (Å²) in [6, 6.07) is 8.23. The molecule has 1 aromatic carbocycles. The number of hydrogen-bond acceptors (Lipinski definition) is 5. The van der Waals surface area contributed by atoms with Crippen LogP contribution in [0.3, 0.4) is 0 Å². The standard InChI is InChI=1S/C17H19N5O/c1-12-4-6-13(7-5-12)22-17-15(10-21-22)16(19-11-20-17)18-9-14-3-2-8-23-14/h4-7,10-11,14H,2-3,8-9H2,1H3,(H,18,19,20)/t14-/m0/s1. The minimum Gasteiger partial charge on any atom is -0.376 e. The van der Waals surface area contributed by atoms with Crippen LogP contribution in [-0.4, -0.2) is 39.0 Å². The van der Waals surface area contributed by atoms with Gasteiger partial charge in [-0.25, -0.2) is 14.6 Å². The Balaban J connectivity index is 1.64. The Labute approximate surface area is 134 Å². The first-order valence-corrected chi connectivity index (χ1v) is 7.92. The SMILES string of the molecule is Cc1ccc(-n2ncc3c(NC[C@@H]4CCCO4)ncnc32)cc1. The maximum absolute atomic E-state index is 5.65. The van der Waals surface area contributed by atoms with Gasteiger partial charge in [0.25, 0.3) is 0 Å². The smallest absolute Gasteiger partial charge is 0.168 e. The highest BCUT2D eigenvalue weighted by Gasteiger charge is 2.17. The molecule has 4 rings (SSSR count). The molecule has 2 aromatic heterocycles. The fraction of sp³-hybridized carbons (Fsp3) is 0.353. The maximum Gasteiger partial charge on any atom is 0.168 e. The lowest BCUT2D eigenvalue weighted by Gasteiger charge is -2.11. The number of anilines is 1. The van der Waals surface area contributed by atoms with Crippen molar-refractivity contribution in [2.75, 3.05) is 18.5 Å². The zero-order chi connectivity index (χ0) is 15.6. The summed E-state index contributed by atoms with van der Waals surface area (Å²) in [5, 5.41) is 8.77. The second-order valence-electron chi connectivity index (χ2n) is 5.87. The zero-order valence-electron chi connectivity index (χ0n) is 13.1. The van der Waals surface area contributed by atoms with Crippen LogP contribution in [0, 0.1) is 6.92 Å². The third-order valence-electron chi connectivity index (χ3n) is 4.17. The summed E-state index contributed by atoms with van der Waals surface area (Å²) in [5.41, 5.74) is 3.02. The van der Waals surface area contributed by atoms with E-state index in [1.807, 2.05) is 23.0 Å². The Morgan fingerprint density at radius 1 is 1.26 bits per heavy atom. The third kappa shape index (κ3) is 2.77. The van der Waals surface area contributed by atoms with Crippen molar-refractivity contribution in [2.45, 2.75) is 25.9 Å². The van der Waals surface area contributed by atoms with Crippen molar-refractivity contribution in [1.29, 1.82) is 0 Å². The molecule has 0 amide bonds. The molecule has 1 aliphatic heterocycles. The van der Waals surface area contributed by atoms with Crippen LogP contribution in [0.1, 0.15) is 18.4 Å². The van der Waals surface area contributed by atoms with Crippen LogP contribution in [-0.2, 0) is 4.74 Å². The number of aromatic nitrogens is 4. The van der Waals surface area contributed by atoms with E-state index in [4.69, 9.17) is 4.74 Å². The van der Waals surface area contributed by atoms with Gasteiger partial charge in [-0.1, -0.05) is 17.7 Å². The van der Waals surface area contributed by atoms with Crippen LogP contribution >= 0.6 is 0 Å². The van der Waals surface area contributed by atoms with Gasteiger partial charge in [-0.2, -0.15) is 5.10 Å². The Morgan fingerprint density at radius 2 is 2.13 bits per heavy atom. The Morgan fingerprint density at radius 3 is 2.91 bits per heavy atom. The molecule has 0 radical (unpaired) electrons. The van der Waals surface area contributed by atoms with Crippen molar-refractivity contribution in [3.05, 3.63) is 42.4 Å². The van der Waals surface area contributed by atoms with Crippen molar-refractivity contribution < 1.29 is 4.74 Å². The van der Waals surface area contributed by atoms with Gasteiger partial charge in [-0.15, -0.1) is 0 Å². The molecule has 1 fully saturated rings. The fourth-order valence-electron chi connectivity index (χ4n) is 2.88. The van der Waals surface area contributed by atoms with Crippen molar-refractivity contribution in [3.8, 4) is 5.69 Å². The Bertz CT molecular complexity index is 805. The van der Waals surface area contributed by atoms with Gasteiger partial charge in [0.1, 0.15) is 12.1 Å². The normalized spacial score (nSPS) is 17.7. The van der Waals surface area contributed by atoms with Gasteiger partial charge in [-0.3, -0.25) is 0 Å². The van der Waals surface area contributed by atoms with Crippen molar-refractivity contribution >= 4 is 16.9 Å². The van der Waals surface area contributed by atoms with Crippen LogP contribution in [0.2, 0.25) is 0 Å². The highest BCUT2D eigenvalue weighted by atomic mass is 16.5. The minimum atomic E-state index is 0.271. The van der Waals surface area contributed by atoms with Gasteiger partial charge in [0.15, 0.2) is 5.65 Å². The van der Waals surface area contributed by atoms with E-state index in [0.717, 1.165) is 48.5 Å². The molecule has 0 saturated carbocycles. The summed E-state index contributed by atoms with van der Waals surface area (Å²) in [4.78, 5) is 8.76. The molecule has 0 aliphatic carbocycles. The molecule has 0 unspecified atom stereocenters. The van der Waals surface area contributed by atoms with Crippen LogP contribution in [0.25, 0.3) is 16.7 Å². The summed E-state index contributed by atoms with van der Waals surface area (Å²) in [6.45, 7) is 3.69. The molecule has 1 atom stereocenters. The van der Waals surface area contributed by atoms with Crippen LogP contribution in [0.5, 0.6) is 0 Å². The van der Waals surface area contributed by atoms with E-state index in [2.05, 4.69) is 39.4 Å². The second-order valence-corrected chi connectivity index (χ2v) is 5.87. The zero-order valence-corrected chi connectivity index (χ0v) is 13.1. The molecule has 1 saturated heterocycles. The predicted octanol–water partition coefficient (Wildman–Crippen LogP) is 2.71. The molecule has 23 heavy (non-hydrogen) atoms. The first-order chi connectivity index (χ1) is 11.3. The quantitative estimate of drug-likeness (QED) is 0.803. The maximum atomic E-state index is 5.65. The number of nitrogens with one attached hydrogen (secondary N) is 1. The Hall–Kier alpha value is -2.47. The molecule has 0 bridgehead atoms. The van der Waals surface area contributed by atoms with Gasteiger partial charge < -0.3 is 10.1 Å². The highest BCUT2D eigenvalue weighted by molar-refractivity contribution is 5.87. The van der Waals surface area contributed by atoms with Gasteiger partial charge in [0.2, 0.25) is 0 Å². The molecule has 1 N–H and O–H groups in total. The van der Waals surface area contributed by atoms with Crippen LogP contribution < -0.4 is 5.32 Å². The first kappa shape index (κ1) is 14.1. The number of aryl methyl sites for hydroxylation is 1. The fourth-order valence-corrected chi connectivity index (χ4v) is 2.88. The second kappa shape index (κ2) is 5.96. The van der Waals surface area contributed by atoms with E-state index in [1.54, 1.807) is 6.33 Å². The van der Waals surface area contributed by atoms with E-state index in [0.29, 0.717) is 0 Å². The predicted molar refractivity (Wildman–Crippen MR) is 88.9 cm³/mol. The highest BCUT2D eigenvalue weighted by Crippen LogP contribution is 2.22. The van der Waals surface area contributed by atoms with Crippen molar-refractivity contribution in [1.82, 2.24) is 19.7 Å². The lowest BCUT2D eigenvalue weighted by molar-refractivity contribution is 0.120. The van der Waals surface area contributed by atoms with Gasteiger partial charge in [-0.05, 0) is 31.9 Å². The number of rotatable bonds is 4. The molecule has 3 heterocycles. The number of benzene rings is 1. The average Bonchev–Trinajstić information content (AvgIpc) is 3.23. The molecule has 6 nitrogen and oxygen atoms in total. The van der Waals surface area contributed by atoms with Crippen LogP contribution in [0.15, 0.2) is 36.8 Å². The number of nitrogens with zero attached hydrogens (tertiary/aromatic N) is 4. The molecular formula is C17H19N5O. The average molecular weight is 309 g/mol. The lowest BCUT2D eigenvalue weighted by Crippen LogP contribution is -2.19. The molecule has 3 aromatic rings. The first-order valence-electron chi connectivity index (χ1n) is 7.92. The molecule has 1 aliphatic rings. The van der Waals surface area contributed by atoms with E-state index < -0.39 is 0 Å². The largest absolute Gasteiger partial charge is 0.376 e. The summed E-state index contributed by atoms with van der Waals surface area (Å²) in [5.74, 6) is 0.809. The monoisotopic (exact) mass is 309 g/mol. The summed E-state index contributed by atoms with van der Waals surface area (Å²) in [7, 11) is 0. The minimum absolute atomic E-state index is 0.271. The molecule has 0 spiro atoms. The summed E-state index contributed by atoms with van der Waals surface area (Å²) >= 11 is 0. The summed E-state index contributed by atoms with van der Waals surface area (Å²) in [6.07, 6.45) is 5.90. The van der Waals surface area contributed by atoms with Crippen molar-refractivity contribution in [3.63, 3.8) is 0 Å². The molecular weight excluding hydrogens is 290 g/mol. The third-order valence-corrected chi connectivity index (χ3v) is 4.17. The van der Waals surface area contributed by atoms with Gasteiger partial charge >= 0.3 is 0 Å². The van der Waals surface area contributed by atoms with E-state index >= 15 is 0 Å². The van der Waals surface area contributed by atoms with E-state index in [9.17, 15) is 0 Å². The molecule has 6 heteroatoms. The van der Waals surface area contributed by atoms with Crippen molar-refractivity contribution in [2.24, 2.45) is 0 Å². The summed E-state index contributed by atoms with van der Waals surface area (Å²) < 4.78 is 7.49. The van der Waals surface area contributed by atoms with E-state index in [-0.39, 0.29) is 6.10 Å². The van der Waals surface area contributed by atoms with E-state index in [1.165, 1.54) is 5.56 Å².